The number of amides is 2. The number of carboxylic acid groups (broad SMARTS) is 1. The molecule has 0 radical (unpaired) electrons. The van der Waals surface area contributed by atoms with E-state index in [1.807, 2.05) is 6.92 Å². The van der Waals surface area contributed by atoms with Crippen LogP contribution in [0.25, 0.3) is 0 Å². The standard InChI is InChI=1S/C13H23N3O3/c1-9-7-15-6-4-5-10(15)8-16(9)12(19)14-13(2,3)11(17)18/h9-10H,4-8H2,1-3H3,(H,14,19)(H,17,18). The first kappa shape index (κ1) is 14.1. The minimum atomic E-state index is -1.23. The zero-order valence-corrected chi connectivity index (χ0v) is 11.8. The Morgan fingerprint density at radius 3 is 2.63 bits per heavy atom. The number of piperazine rings is 1. The number of rotatable bonds is 2. The second-order valence-electron chi connectivity index (χ2n) is 6.15. The molecule has 2 heterocycles. The molecule has 0 aromatic heterocycles. The lowest BCUT2D eigenvalue weighted by atomic mass is 10.1. The number of nitrogens with zero attached hydrogens (tertiary/aromatic N) is 2. The highest BCUT2D eigenvalue weighted by Crippen LogP contribution is 2.24. The Kier molecular flexibility index (Phi) is 3.71. The highest BCUT2D eigenvalue weighted by Gasteiger charge is 2.38. The lowest BCUT2D eigenvalue weighted by molar-refractivity contribution is -0.143. The third kappa shape index (κ3) is 2.83. The van der Waals surface area contributed by atoms with Gasteiger partial charge in [0.2, 0.25) is 0 Å². The van der Waals surface area contributed by atoms with Crippen molar-refractivity contribution in [3.05, 3.63) is 0 Å². The molecule has 6 heteroatoms. The summed E-state index contributed by atoms with van der Waals surface area (Å²) in [5.41, 5.74) is -1.23. The number of nitrogens with one attached hydrogen (secondary N) is 1. The molecule has 0 aliphatic carbocycles. The molecular weight excluding hydrogens is 246 g/mol. The molecule has 2 N–H and O–H groups in total. The zero-order chi connectivity index (χ0) is 14.2. The van der Waals surface area contributed by atoms with Gasteiger partial charge in [-0.2, -0.15) is 0 Å². The Morgan fingerprint density at radius 2 is 2.00 bits per heavy atom. The summed E-state index contributed by atoms with van der Waals surface area (Å²) in [6, 6.07) is 0.292. The van der Waals surface area contributed by atoms with E-state index in [2.05, 4.69) is 10.2 Å². The van der Waals surface area contributed by atoms with Gasteiger partial charge >= 0.3 is 12.0 Å². The molecule has 0 spiro atoms. The quantitative estimate of drug-likeness (QED) is 0.775. The second-order valence-corrected chi connectivity index (χ2v) is 6.15. The van der Waals surface area contributed by atoms with Crippen molar-refractivity contribution in [2.75, 3.05) is 19.6 Å². The lowest BCUT2D eigenvalue weighted by Crippen LogP contribution is -2.62. The van der Waals surface area contributed by atoms with E-state index >= 15 is 0 Å². The van der Waals surface area contributed by atoms with E-state index in [1.165, 1.54) is 20.3 Å². The average Bonchev–Trinajstić information content (AvgIpc) is 2.73. The van der Waals surface area contributed by atoms with Crippen LogP contribution in [0.4, 0.5) is 4.79 Å². The van der Waals surface area contributed by atoms with Crippen molar-refractivity contribution in [2.45, 2.75) is 51.2 Å². The number of hydrogen-bond donors (Lipinski definition) is 2. The van der Waals surface area contributed by atoms with Crippen molar-refractivity contribution >= 4 is 12.0 Å². The molecule has 0 saturated carbocycles. The fourth-order valence-electron chi connectivity index (χ4n) is 2.86. The molecular formula is C13H23N3O3. The Hall–Kier alpha value is -1.30. The third-order valence-electron chi connectivity index (χ3n) is 4.15. The second kappa shape index (κ2) is 5.00. The summed E-state index contributed by atoms with van der Waals surface area (Å²) >= 11 is 0. The minimum Gasteiger partial charge on any atom is -0.480 e. The number of carboxylic acids is 1. The van der Waals surface area contributed by atoms with Gasteiger partial charge in [0, 0.05) is 25.2 Å². The van der Waals surface area contributed by atoms with E-state index < -0.39 is 11.5 Å². The summed E-state index contributed by atoms with van der Waals surface area (Å²) in [7, 11) is 0. The van der Waals surface area contributed by atoms with Crippen LogP contribution in [0.1, 0.15) is 33.6 Å². The number of fused-ring (bicyclic) bond motifs is 1. The summed E-state index contributed by atoms with van der Waals surface area (Å²) in [5, 5.41) is 11.7. The van der Waals surface area contributed by atoms with Crippen LogP contribution in [0, 0.1) is 0 Å². The molecule has 2 rings (SSSR count). The van der Waals surface area contributed by atoms with Crippen LogP contribution >= 0.6 is 0 Å². The van der Waals surface area contributed by atoms with Gasteiger partial charge in [0.25, 0.3) is 0 Å². The van der Waals surface area contributed by atoms with Crippen LogP contribution in [0.5, 0.6) is 0 Å². The smallest absolute Gasteiger partial charge is 0.328 e. The van der Waals surface area contributed by atoms with Gasteiger partial charge in [0.15, 0.2) is 0 Å². The summed E-state index contributed by atoms with van der Waals surface area (Å²) in [6.07, 6.45) is 2.31. The monoisotopic (exact) mass is 269 g/mol. The Labute approximate surface area is 113 Å². The summed E-state index contributed by atoms with van der Waals surface area (Å²) in [5.74, 6) is -1.02. The van der Waals surface area contributed by atoms with Crippen LogP contribution in [-0.2, 0) is 4.79 Å². The van der Waals surface area contributed by atoms with E-state index in [0.717, 1.165) is 19.5 Å². The molecule has 0 aromatic carbocycles. The maximum absolute atomic E-state index is 12.3. The average molecular weight is 269 g/mol. The van der Waals surface area contributed by atoms with Gasteiger partial charge in [-0.05, 0) is 40.2 Å². The summed E-state index contributed by atoms with van der Waals surface area (Å²) < 4.78 is 0. The number of carbonyl (C=O) groups is 2. The Bertz CT molecular complexity index is 383. The predicted molar refractivity (Wildman–Crippen MR) is 71.0 cm³/mol. The van der Waals surface area contributed by atoms with Crippen LogP contribution in [-0.4, -0.2) is 64.2 Å². The molecule has 6 nitrogen and oxygen atoms in total. The zero-order valence-electron chi connectivity index (χ0n) is 11.8. The van der Waals surface area contributed by atoms with Gasteiger partial charge in [-0.25, -0.2) is 9.59 Å². The first-order valence-corrected chi connectivity index (χ1v) is 6.87. The summed E-state index contributed by atoms with van der Waals surface area (Å²) in [4.78, 5) is 27.5. The number of hydrogen-bond acceptors (Lipinski definition) is 3. The van der Waals surface area contributed by atoms with Gasteiger partial charge in [0.05, 0.1) is 0 Å². The highest BCUT2D eigenvalue weighted by molar-refractivity contribution is 5.85. The Balaban J connectivity index is 2.00. The van der Waals surface area contributed by atoms with E-state index in [9.17, 15) is 9.59 Å². The molecule has 2 amide bonds. The van der Waals surface area contributed by atoms with Gasteiger partial charge in [-0.15, -0.1) is 0 Å². The topological polar surface area (TPSA) is 72.9 Å². The molecule has 2 unspecified atom stereocenters. The lowest BCUT2D eigenvalue weighted by Gasteiger charge is -2.43. The molecule has 2 saturated heterocycles. The molecule has 19 heavy (non-hydrogen) atoms. The molecule has 2 atom stereocenters. The molecule has 0 aromatic rings. The minimum absolute atomic E-state index is 0.124. The van der Waals surface area contributed by atoms with Gasteiger partial charge < -0.3 is 15.3 Å². The van der Waals surface area contributed by atoms with Gasteiger partial charge in [-0.1, -0.05) is 0 Å². The molecule has 2 aliphatic heterocycles. The highest BCUT2D eigenvalue weighted by atomic mass is 16.4. The van der Waals surface area contributed by atoms with Crippen LogP contribution in [0.15, 0.2) is 0 Å². The van der Waals surface area contributed by atoms with Crippen molar-refractivity contribution in [3.63, 3.8) is 0 Å². The maximum atomic E-state index is 12.3. The largest absolute Gasteiger partial charge is 0.480 e. The molecule has 108 valence electrons. The van der Waals surface area contributed by atoms with Crippen molar-refractivity contribution in [3.8, 4) is 0 Å². The number of urea groups is 1. The van der Waals surface area contributed by atoms with E-state index in [1.54, 1.807) is 4.90 Å². The molecule has 2 fully saturated rings. The van der Waals surface area contributed by atoms with Crippen LogP contribution in [0.3, 0.4) is 0 Å². The Morgan fingerprint density at radius 1 is 1.32 bits per heavy atom. The van der Waals surface area contributed by atoms with Crippen molar-refractivity contribution in [1.29, 1.82) is 0 Å². The van der Waals surface area contributed by atoms with Crippen LogP contribution in [0.2, 0.25) is 0 Å². The number of carbonyl (C=O) groups excluding carboxylic acids is 1. The van der Waals surface area contributed by atoms with E-state index in [-0.39, 0.29) is 12.1 Å². The van der Waals surface area contributed by atoms with Crippen LogP contribution < -0.4 is 5.32 Å². The SMILES string of the molecule is CC1CN2CCCC2CN1C(=O)NC(C)(C)C(=O)O. The van der Waals surface area contributed by atoms with Crippen molar-refractivity contribution in [2.24, 2.45) is 0 Å². The first-order chi connectivity index (χ1) is 8.81. The predicted octanol–water partition coefficient (Wildman–Crippen LogP) is 0.728. The van der Waals surface area contributed by atoms with Gasteiger partial charge in [0.1, 0.15) is 5.54 Å². The van der Waals surface area contributed by atoms with E-state index in [4.69, 9.17) is 5.11 Å². The molecule has 0 bridgehead atoms. The fraction of sp³-hybridized carbons (Fsp3) is 0.846. The summed E-state index contributed by atoms with van der Waals surface area (Å²) in [6.45, 7) is 7.72. The third-order valence-corrected chi connectivity index (χ3v) is 4.15. The molecule has 2 aliphatic rings. The van der Waals surface area contributed by atoms with E-state index in [0.29, 0.717) is 12.6 Å². The maximum Gasteiger partial charge on any atom is 0.328 e. The number of aliphatic carboxylic acids is 1. The van der Waals surface area contributed by atoms with Crippen molar-refractivity contribution in [1.82, 2.24) is 15.1 Å². The normalized spacial score (nSPS) is 28.1. The van der Waals surface area contributed by atoms with Gasteiger partial charge in [-0.3, -0.25) is 4.90 Å². The fourth-order valence-corrected chi connectivity index (χ4v) is 2.86. The first-order valence-electron chi connectivity index (χ1n) is 6.87. The van der Waals surface area contributed by atoms with Crippen molar-refractivity contribution < 1.29 is 14.7 Å².